The normalized spacial score (nSPS) is 11.3. The molecule has 0 aliphatic heterocycles. The van der Waals surface area contributed by atoms with Crippen LogP contribution in [0.5, 0.6) is 0 Å². The lowest BCUT2D eigenvalue weighted by atomic mass is 9.97. The lowest BCUT2D eigenvalue weighted by Crippen LogP contribution is -2.05. The molecule has 1 aromatic carbocycles. The number of fused-ring (bicyclic) bond motifs is 1. The Kier molecular flexibility index (Phi) is 5.12. The minimum Gasteiger partial charge on any atom is -0.382 e. The highest BCUT2D eigenvalue weighted by Crippen LogP contribution is 2.33. The number of nitrogen functional groups attached to an aromatic ring is 1. The molecule has 25 heavy (non-hydrogen) atoms. The van der Waals surface area contributed by atoms with Crippen molar-refractivity contribution in [1.82, 2.24) is 14.4 Å². The van der Waals surface area contributed by atoms with Crippen LogP contribution in [0.15, 0.2) is 36.7 Å². The number of hydrogen-bond acceptors (Lipinski definition) is 4. The van der Waals surface area contributed by atoms with E-state index in [1.165, 1.54) is 0 Å². The molecule has 0 spiro atoms. The summed E-state index contributed by atoms with van der Waals surface area (Å²) in [5.41, 5.74) is 9.45. The number of aldehydes is 1. The summed E-state index contributed by atoms with van der Waals surface area (Å²) < 4.78 is 2.08. The van der Waals surface area contributed by atoms with Crippen molar-refractivity contribution in [2.75, 3.05) is 5.73 Å². The molecule has 0 bridgehead atoms. The second-order valence-electron chi connectivity index (χ2n) is 6.36. The van der Waals surface area contributed by atoms with E-state index in [0.717, 1.165) is 54.6 Å². The molecule has 0 unspecified atom stereocenters. The van der Waals surface area contributed by atoms with Crippen LogP contribution in [0.3, 0.4) is 0 Å². The van der Waals surface area contributed by atoms with Crippen molar-refractivity contribution in [3.8, 4) is 11.3 Å². The SMILES string of the molecule is CCCC(CCC)c1nc(-c2ccc(C=O)cc2)c2c(N)nccn12. The first-order valence-corrected chi connectivity index (χ1v) is 8.87. The lowest BCUT2D eigenvalue weighted by molar-refractivity contribution is 0.112. The summed E-state index contributed by atoms with van der Waals surface area (Å²) in [6.45, 7) is 4.40. The summed E-state index contributed by atoms with van der Waals surface area (Å²) in [6, 6.07) is 7.43. The lowest BCUT2D eigenvalue weighted by Gasteiger charge is -2.14. The number of rotatable bonds is 7. The van der Waals surface area contributed by atoms with E-state index in [1.54, 1.807) is 18.3 Å². The number of carbonyl (C=O) groups excluding carboxylic acids is 1. The van der Waals surface area contributed by atoms with E-state index in [0.29, 0.717) is 17.3 Å². The van der Waals surface area contributed by atoms with Crippen LogP contribution in [-0.4, -0.2) is 20.7 Å². The van der Waals surface area contributed by atoms with E-state index in [9.17, 15) is 4.79 Å². The third-order valence-corrected chi connectivity index (χ3v) is 4.57. The van der Waals surface area contributed by atoms with Gasteiger partial charge in [0.2, 0.25) is 0 Å². The van der Waals surface area contributed by atoms with E-state index in [-0.39, 0.29) is 0 Å². The number of anilines is 1. The predicted molar refractivity (Wildman–Crippen MR) is 101 cm³/mol. The quantitative estimate of drug-likeness (QED) is 0.646. The summed E-state index contributed by atoms with van der Waals surface area (Å²) in [5, 5.41) is 0. The van der Waals surface area contributed by atoms with Gasteiger partial charge in [0.25, 0.3) is 0 Å². The fourth-order valence-corrected chi connectivity index (χ4v) is 3.40. The van der Waals surface area contributed by atoms with Crippen molar-refractivity contribution in [1.29, 1.82) is 0 Å². The third-order valence-electron chi connectivity index (χ3n) is 4.57. The number of aromatic nitrogens is 3. The molecule has 2 aromatic heterocycles. The van der Waals surface area contributed by atoms with Crippen molar-refractivity contribution >= 4 is 17.6 Å². The Morgan fingerprint density at radius 3 is 2.44 bits per heavy atom. The van der Waals surface area contributed by atoms with Crippen LogP contribution in [0.25, 0.3) is 16.8 Å². The van der Waals surface area contributed by atoms with Crippen LogP contribution < -0.4 is 5.73 Å². The maximum atomic E-state index is 10.9. The number of nitrogens with zero attached hydrogens (tertiary/aromatic N) is 3. The summed E-state index contributed by atoms with van der Waals surface area (Å²) in [4.78, 5) is 20.1. The minimum absolute atomic E-state index is 0.396. The molecule has 0 aliphatic carbocycles. The molecule has 2 N–H and O–H groups in total. The van der Waals surface area contributed by atoms with Gasteiger partial charge in [-0.15, -0.1) is 0 Å². The molecule has 0 amide bonds. The van der Waals surface area contributed by atoms with Gasteiger partial charge in [0.15, 0.2) is 0 Å². The first kappa shape index (κ1) is 17.1. The Balaban J connectivity index is 2.19. The van der Waals surface area contributed by atoms with Gasteiger partial charge in [0.1, 0.15) is 29.1 Å². The maximum Gasteiger partial charge on any atom is 0.150 e. The van der Waals surface area contributed by atoms with Crippen LogP contribution >= 0.6 is 0 Å². The van der Waals surface area contributed by atoms with Crippen LogP contribution in [0.1, 0.15) is 61.6 Å². The standard InChI is InChI=1S/C20H24N4O/c1-3-5-16(6-4-2)20-23-17(15-9-7-14(13-25)8-10-15)18-19(21)22-11-12-24(18)20/h7-13,16H,3-6H2,1-2H3,(H2,21,22). The fourth-order valence-electron chi connectivity index (χ4n) is 3.40. The minimum atomic E-state index is 0.396. The first-order valence-electron chi connectivity index (χ1n) is 8.87. The molecule has 0 radical (unpaired) electrons. The maximum absolute atomic E-state index is 10.9. The average molecular weight is 336 g/mol. The van der Waals surface area contributed by atoms with Gasteiger partial charge in [-0.3, -0.25) is 9.20 Å². The fraction of sp³-hybridized carbons (Fsp3) is 0.350. The molecule has 0 saturated carbocycles. The Hall–Kier alpha value is -2.69. The van der Waals surface area contributed by atoms with Gasteiger partial charge in [-0.2, -0.15) is 0 Å². The molecular weight excluding hydrogens is 312 g/mol. The number of hydrogen-bond donors (Lipinski definition) is 1. The molecule has 0 fully saturated rings. The average Bonchev–Trinajstić information content (AvgIpc) is 3.02. The molecule has 0 atom stereocenters. The van der Waals surface area contributed by atoms with Crippen molar-refractivity contribution < 1.29 is 4.79 Å². The molecular formula is C20H24N4O. The molecule has 130 valence electrons. The Morgan fingerprint density at radius 1 is 1.16 bits per heavy atom. The Bertz CT molecular complexity index is 861. The molecule has 3 aromatic rings. The number of benzene rings is 1. The Labute approximate surface area is 147 Å². The highest BCUT2D eigenvalue weighted by atomic mass is 16.1. The smallest absolute Gasteiger partial charge is 0.150 e. The van der Waals surface area contributed by atoms with Crippen molar-refractivity contribution in [2.24, 2.45) is 0 Å². The largest absolute Gasteiger partial charge is 0.382 e. The van der Waals surface area contributed by atoms with Gasteiger partial charge in [-0.1, -0.05) is 51.0 Å². The van der Waals surface area contributed by atoms with E-state index >= 15 is 0 Å². The zero-order chi connectivity index (χ0) is 17.8. The Morgan fingerprint density at radius 2 is 1.84 bits per heavy atom. The molecule has 0 aliphatic rings. The molecule has 5 heteroatoms. The summed E-state index contributed by atoms with van der Waals surface area (Å²) in [6.07, 6.45) is 8.93. The van der Waals surface area contributed by atoms with Crippen LogP contribution in [0, 0.1) is 0 Å². The van der Waals surface area contributed by atoms with Gasteiger partial charge >= 0.3 is 0 Å². The number of imidazole rings is 1. The van der Waals surface area contributed by atoms with Gasteiger partial charge in [-0.25, -0.2) is 9.97 Å². The van der Waals surface area contributed by atoms with Crippen LogP contribution in [-0.2, 0) is 0 Å². The van der Waals surface area contributed by atoms with Gasteiger partial charge in [0.05, 0.1) is 0 Å². The summed E-state index contributed by atoms with van der Waals surface area (Å²) in [5.74, 6) is 1.91. The highest BCUT2D eigenvalue weighted by Gasteiger charge is 2.21. The van der Waals surface area contributed by atoms with Crippen LogP contribution in [0.2, 0.25) is 0 Å². The predicted octanol–water partition coefficient (Wildman–Crippen LogP) is 4.47. The summed E-state index contributed by atoms with van der Waals surface area (Å²) in [7, 11) is 0. The number of carbonyl (C=O) groups is 1. The van der Waals surface area contributed by atoms with Crippen LogP contribution in [0.4, 0.5) is 5.82 Å². The summed E-state index contributed by atoms with van der Waals surface area (Å²) >= 11 is 0. The van der Waals surface area contributed by atoms with Crippen molar-refractivity contribution in [2.45, 2.75) is 45.4 Å². The number of nitrogens with two attached hydrogens (primary N) is 1. The van der Waals surface area contributed by atoms with Gasteiger partial charge in [-0.05, 0) is 12.8 Å². The van der Waals surface area contributed by atoms with E-state index in [1.807, 2.05) is 18.3 Å². The second kappa shape index (κ2) is 7.47. The van der Waals surface area contributed by atoms with E-state index in [4.69, 9.17) is 10.7 Å². The molecule has 2 heterocycles. The van der Waals surface area contributed by atoms with Crippen molar-refractivity contribution in [3.63, 3.8) is 0 Å². The third kappa shape index (κ3) is 3.27. The van der Waals surface area contributed by atoms with E-state index in [2.05, 4.69) is 23.2 Å². The zero-order valence-corrected chi connectivity index (χ0v) is 14.8. The first-order chi connectivity index (χ1) is 12.2. The molecule has 3 rings (SSSR count). The van der Waals surface area contributed by atoms with Gasteiger partial charge < -0.3 is 5.73 Å². The van der Waals surface area contributed by atoms with E-state index < -0.39 is 0 Å². The van der Waals surface area contributed by atoms with Gasteiger partial charge in [0, 0.05) is 29.4 Å². The highest BCUT2D eigenvalue weighted by molar-refractivity contribution is 5.86. The monoisotopic (exact) mass is 336 g/mol. The molecule has 5 nitrogen and oxygen atoms in total. The van der Waals surface area contributed by atoms with Crippen molar-refractivity contribution in [3.05, 3.63) is 48.0 Å². The second-order valence-corrected chi connectivity index (χ2v) is 6.36. The zero-order valence-electron chi connectivity index (χ0n) is 14.8. The topological polar surface area (TPSA) is 73.3 Å². The molecule has 0 saturated heterocycles.